The molecule has 2 radical (unpaired) electrons. The van der Waals surface area contributed by atoms with E-state index in [1.54, 1.807) is 6.20 Å². The molecular formula is C13H7BrIrNO2. The van der Waals surface area contributed by atoms with E-state index in [2.05, 4.69) is 40.6 Å². The Hall–Kier alpha value is -1.16. The maximum atomic E-state index is 7.50. The fourth-order valence-corrected chi connectivity index (χ4v) is 1.47. The maximum Gasteiger partial charge on any atom is 3.00 e. The van der Waals surface area contributed by atoms with Crippen molar-refractivity contribution >= 4 is 29.5 Å². The van der Waals surface area contributed by atoms with Gasteiger partial charge in [0, 0.05) is 6.20 Å². The first-order valence-electron chi connectivity index (χ1n) is 4.36. The third-order valence-electron chi connectivity index (χ3n) is 1.70. The maximum absolute atomic E-state index is 7.50. The van der Waals surface area contributed by atoms with Crippen molar-refractivity contribution in [3.63, 3.8) is 0 Å². The van der Waals surface area contributed by atoms with Crippen molar-refractivity contribution in [1.29, 1.82) is 0 Å². The molecular weight excluding hydrogens is 474 g/mol. The topological polar surface area (TPSA) is 47.0 Å². The molecule has 0 fully saturated rings. The molecule has 3 nitrogen and oxygen atoms in total. The molecule has 0 aliphatic heterocycles. The van der Waals surface area contributed by atoms with Crippen molar-refractivity contribution in [2.45, 2.75) is 0 Å². The van der Waals surface area contributed by atoms with Gasteiger partial charge in [0.15, 0.2) is 0 Å². The molecule has 1 aromatic heterocycles. The number of pyridine rings is 1. The summed E-state index contributed by atoms with van der Waals surface area (Å²) < 4.78 is 1.05. The predicted molar refractivity (Wildman–Crippen MR) is 67.6 cm³/mol. The minimum Gasteiger partial charge on any atom is -0.573 e. The van der Waals surface area contributed by atoms with Gasteiger partial charge in [-0.25, -0.2) is 0 Å². The Morgan fingerprint density at radius 3 is 2.28 bits per heavy atom. The molecule has 0 unspecified atom stereocenters. The predicted octanol–water partition coefficient (Wildman–Crippen LogP) is 2.51. The molecule has 2 rings (SSSR count). The Morgan fingerprint density at radius 1 is 1.11 bits per heavy atom. The second kappa shape index (κ2) is 12.3. The molecule has 1 heterocycles. The number of hydrogen-bond donors (Lipinski definition) is 0. The van der Waals surface area contributed by atoms with Crippen LogP contribution < -0.4 is 0 Å². The average molecular weight is 481 g/mol. The molecule has 18 heavy (non-hydrogen) atoms. The van der Waals surface area contributed by atoms with Gasteiger partial charge in [-0.05, 0) is 11.8 Å². The third kappa shape index (κ3) is 6.54. The van der Waals surface area contributed by atoms with Crippen molar-refractivity contribution in [2.24, 2.45) is 0 Å². The van der Waals surface area contributed by atoms with E-state index < -0.39 is 0 Å². The van der Waals surface area contributed by atoms with E-state index in [-0.39, 0.29) is 20.1 Å². The summed E-state index contributed by atoms with van der Waals surface area (Å²) in [6, 6.07) is 14.8. The van der Waals surface area contributed by atoms with E-state index in [0.717, 1.165) is 15.7 Å². The first-order chi connectivity index (χ1) is 8.36. The van der Waals surface area contributed by atoms with Crippen LogP contribution >= 0.6 is 15.9 Å². The number of nitrogens with zero attached hydrogens (tertiary/aromatic N) is 1. The van der Waals surface area contributed by atoms with E-state index in [9.17, 15) is 0 Å². The number of carbonyl (C=O) groups excluding carboxylic acids is 2. The fourth-order valence-electron chi connectivity index (χ4n) is 1.11. The van der Waals surface area contributed by atoms with Gasteiger partial charge in [-0.1, -0.05) is 32.5 Å². The van der Waals surface area contributed by atoms with Crippen LogP contribution in [0.2, 0.25) is 0 Å². The number of benzene rings is 1. The average Bonchev–Trinajstić information content (AvgIpc) is 2.44. The molecule has 92 valence electrons. The Morgan fingerprint density at radius 2 is 1.78 bits per heavy atom. The quantitative estimate of drug-likeness (QED) is 0.589. The number of aromatic nitrogens is 1. The van der Waals surface area contributed by atoms with Crippen molar-refractivity contribution < 1.29 is 29.7 Å². The van der Waals surface area contributed by atoms with Gasteiger partial charge in [0.25, 0.3) is 0 Å². The standard InChI is InChI=1S/C11H7BrN.2CO.Ir/c12-10-5-3-4-9(8-10)11-6-1-2-7-13-11;2*1-2;/h1-3,5-8H;;;/q3*-1;+3. The SMILES string of the molecule is Brc1cc[c-]c(-c2ccccn2)c1.[C-]=O.[C-]=O.[Ir+3]. The van der Waals surface area contributed by atoms with Crippen LogP contribution in [0, 0.1) is 6.07 Å². The van der Waals surface area contributed by atoms with E-state index in [1.807, 2.05) is 36.4 Å². The van der Waals surface area contributed by atoms with Gasteiger partial charge in [0.2, 0.25) is 0 Å². The summed E-state index contributed by atoms with van der Waals surface area (Å²) in [7, 11) is 0. The first kappa shape index (κ1) is 19.2. The zero-order valence-electron chi connectivity index (χ0n) is 9.02. The Balaban J connectivity index is 0. The summed E-state index contributed by atoms with van der Waals surface area (Å²) >= 11 is 3.41. The second-order valence-electron chi connectivity index (χ2n) is 2.64. The minimum absolute atomic E-state index is 0. The molecule has 0 amide bonds. The van der Waals surface area contributed by atoms with Crippen molar-refractivity contribution in [1.82, 2.24) is 4.98 Å². The fraction of sp³-hybridized carbons (Fsp3) is 0. The molecule has 0 saturated heterocycles. The van der Waals surface area contributed by atoms with Gasteiger partial charge in [0.1, 0.15) is 0 Å². The summed E-state index contributed by atoms with van der Waals surface area (Å²) in [6.45, 7) is 9.00. The summed E-state index contributed by atoms with van der Waals surface area (Å²) in [5.41, 5.74) is 1.96. The minimum atomic E-state index is 0. The molecule has 2 aromatic rings. The molecule has 0 saturated carbocycles. The van der Waals surface area contributed by atoms with Gasteiger partial charge in [-0.3, -0.25) is 0 Å². The van der Waals surface area contributed by atoms with Crippen LogP contribution in [0.5, 0.6) is 0 Å². The van der Waals surface area contributed by atoms with Gasteiger partial charge >= 0.3 is 20.1 Å². The van der Waals surface area contributed by atoms with Crippen molar-refractivity contribution in [2.75, 3.05) is 0 Å². The van der Waals surface area contributed by atoms with Crippen LogP contribution in [0.15, 0.2) is 47.1 Å². The monoisotopic (exact) mass is 481 g/mol. The molecule has 0 N–H and O–H groups in total. The van der Waals surface area contributed by atoms with E-state index in [0.29, 0.717) is 0 Å². The van der Waals surface area contributed by atoms with Gasteiger partial charge in [-0.2, -0.15) is 0 Å². The number of rotatable bonds is 1. The number of halogens is 1. The Labute approximate surface area is 128 Å². The first-order valence-corrected chi connectivity index (χ1v) is 5.15. The van der Waals surface area contributed by atoms with E-state index in [4.69, 9.17) is 9.59 Å². The molecule has 0 aliphatic rings. The van der Waals surface area contributed by atoms with E-state index in [1.165, 1.54) is 0 Å². The van der Waals surface area contributed by atoms with Crippen LogP contribution in [0.4, 0.5) is 0 Å². The third-order valence-corrected chi connectivity index (χ3v) is 2.20. The van der Waals surface area contributed by atoms with E-state index >= 15 is 0 Å². The number of hydrogen-bond acceptors (Lipinski definition) is 3. The summed E-state index contributed by atoms with van der Waals surface area (Å²) in [5.74, 6) is 0. The van der Waals surface area contributed by atoms with Crippen LogP contribution in [-0.2, 0) is 29.7 Å². The van der Waals surface area contributed by atoms with Gasteiger partial charge in [0.05, 0.1) is 0 Å². The summed E-state index contributed by atoms with van der Waals surface area (Å²) in [6.07, 6.45) is 1.78. The molecule has 0 atom stereocenters. The van der Waals surface area contributed by atoms with Crippen LogP contribution in [-0.4, -0.2) is 18.6 Å². The molecule has 0 spiro atoms. The normalized spacial score (nSPS) is 7.61. The molecule has 1 aromatic carbocycles. The zero-order chi connectivity index (χ0) is 13.1. The Bertz CT molecular complexity index is 438. The van der Waals surface area contributed by atoms with Crippen molar-refractivity contribution in [3.05, 3.63) is 53.1 Å². The molecule has 0 bridgehead atoms. The van der Waals surface area contributed by atoms with Gasteiger partial charge in [-0.15, -0.1) is 29.8 Å². The summed E-state index contributed by atoms with van der Waals surface area (Å²) in [4.78, 5) is 19.2. The van der Waals surface area contributed by atoms with Crippen LogP contribution in [0.3, 0.4) is 0 Å². The molecule has 0 aliphatic carbocycles. The smallest absolute Gasteiger partial charge is 0.573 e. The second-order valence-corrected chi connectivity index (χ2v) is 3.55. The molecule has 5 heteroatoms. The van der Waals surface area contributed by atoms with Crippen molar-refractivity contribution in [3.8, 4) is 11.3 Å². The van der Waals surface area contributed by atoms with Crippen LogP contribution in [0.25, 0.3) is 11.3 Å². The largest absolute Gasteiger partial charge is 3.00 e. The Kier molecular flexibility index (Phi) is 13.1. The van der Waals surface area contributed by atoms with Gasteiger partial charge < -0.3 is 28.2 Å². The summed E-state index contributed by atoms with van der Waals surface area (Å²) in [5, 5.41) is 0. The zero-order valence-corrected chi connectivity index (χ0v) is 13.0. The van der Waals surface area contributed by atoms with Crippen LogP contribution in [0.1, 0.15) is 0 Å².